The second-order valence-corrected chi connectivity index (χ2v) is 6.79. The summed E-state index contributed by atoms with van der Waals surface area (Å²) in [6, 6.07) is 16.3. The van der Waals surface area contributed by atoms with E-state index in [1.54, 1.807) is 13.8 Å². The van der Waals surface area contributed by atoms with Gasteiger partial charge in [0.15, 0.2) is 0 Å². The van der Waals surface area contributed by atoms with Gasteiger partial charge in [-0.3, -0.25) is 9.69 Å². The van der Waals surface area contributed by atoms with Gasteiger partial charge < -0.3 is 10.5 Å². The maximum Gasteiger partial charge on any atom is 0.410 e. The summed E-state index contributed by atoms with van der Waals surface area (Å²) in [5.41, 5.74) is 8.89. The lowest BCUT2D eigenvalue weighted by Crippen LogP contribution is -2.54. The van der Waals surface area contributed by atoms with Gasteiger partial charge in [-0.1, -0.05) is 48.5 Å². The van der Waals surface area contributed by atoms with Gasteiger partial charge in [0.1, 0.15) is 12.1 Å². The molecule has 0 fully saturated rings. The zero-order chi connectivity index (χ0) is 18.2. The molecule has 0 saturated carbocycles. The summed E-state index contributed by atoms with van der Waals surface area (Å²) in [5, 5.41) is 0. The van der Waals surface area contributed by atoms with E-state index in [0.29, 0.717) is 0 Å². The molecule has 0 aromatic heterocycles. The smallest absolute Gasteiger partial charge is 0.410 e. The molecule has 3 rings (SSSR count). The van der Waals surface area contributed by atoms with E-state index in [4.69, 9.17) is 10.5 Å². The van der Waals surface area contributed by atoms with Crippen molar-refractivity contribution in [1.82, 2.24) is 4.90 Å². The Balaban J connectivity index is 1.80. The van der Waals surface area contributed by atoms with Crippen molar-refractivity contribution < 1.29 is 14.3 Å². The number of likely N-dealkylation sites (N-methyl/N-ethyl adjacent to an activating group) is 1. The van der Waals surface area contributed by atoms with Crippen molar-refractivity contribution in [2.45, 2.75) is 25.3 Å². The Kier molecular flexibility index (Phi) is 4.25. The van der Waals surface area contributed by atoms with Gasteiger partial charge in [0.2, 0.25) is 5.91 Å². The monoisotopic (exact) mass is 338 g/mol. The molecule has 2 aromatic rings. The van der Waals surface area contributed by atoms with Crippen LogP contribution in [0, 0.1) is 0 Å². The highest BCUT2D eigenvalue weighted by Gasteiger charge is 2.35. The molecule has 5 nitrogen and oxygen atoms in total. The van der Waals surface area contributed by atoms with Gasteiger partial charge in [0.25, 0.3) is 0 Å². The molecule has 0 spiro atoms. The molecule has 2 aromatic carbocycles. The van der Waals surface area contributed by atoms with Gasteiger partial charge in [-0.05, 0) is 36.1 Å². The number of rotatable bonds is 4. The highest BCUT2D eigenvalue weighted by atomic mass is 16.6. The average molecular weight is 338 g/mol. The maximum atomic E-state index is 12.4. The van der Waals surface area contributed by atoms with Crippen molar-refractivity contribution >= 4 is 12.0 Å². The number of nitrogens with zero attached hydrogens (tertiary/aromatic N) is 1. The summed E-state index contributed by atoms with van der Waals surface area (Å²) in [6.45, 7) is 3.40. The third-order valence-corrected chi connectivity index (χ3v) is 5.05. The number of hydrogen-bond acceptors (Lipinski definition) is 3. The summed E-state index contributed by atoms with van der Waals surface area (Å²) in [6.07, 6.45) is -0.564. The van der Waals surface area contributed by atoms with Gasteiger partial charge in [0.05, 0.1) is 0 Å². The predicted octanol–water partition coefficient (Wildman–Crippen LogP) is 3.13. The Labute approximate surface area is 147 Å². The normalized spacial score (nSPS) is 13.1. The molecule has 0 aliphatic heterocycles. The highest BCUT2D eigenvalue weighted by molar-refractivity contribution is 5.87. The molecule has 5 heteroatoms. The van der Waals surface area contributed by atoms with Crippen LogP contribution in [-0.4, -0.2) is 36.1 Å². The number of amides is 2. The SMILES string of the molecule is CN(C(=O)OCC1c2ccccc2-c2ccccc21)C(C)(C)C(N)=O. The Hall–Kier alpha value is -2.82. The largest absolute Gasteiger partial charge is 0.448 e. The van der Waals surface area contributed by atoms with Crippen LogP contribution in [0.1, 0.15) is 30.9 Å². The predicted molar refractivity (Wildman–Crippen MR) is 96.1 cm³/mol. The van der Waals surface area contributed by atoms with Crippen LogP contribution in [0.15, 0.2) is 48.5 Å². The average Bonchev–Trinajstić information content (AvgIpc) is 2.93. The quantitative estimate of drug-likeness (QED) is 0.931. The summed E-state index contributed by atoms with van der Waals surface area (Å²) in [5.74, 6) is -0.593. The van der Waals surface area contributed by atoms with Crippen LogP contribution in [0.3, 0.4) is 0 Å². The molecule has 25 heavy (non-hydrogen) atoms. The lowest BCUT2D eigenvalue weighted by atomic mass is 9.98. The fraction of sp³-hybridized carbons (Fsp3) is 0.300. The van der Waals surface area contributed by atoms with Gasteiger partial charge in [-0.15, -0.1) is 0 Å². The van der Waals surface area contributed by atoms with Crippen LogP contribution in [0.25, 0.3) is 11.1 Å². The van der Waals surface area contributed by atoms with Crippen molar-refractivity contribution in [1.29, 1.82) is 0 Å². The Morgan fingerprint density at radius 1 is 1.04 bits per heavy atom. The van der Waals surface area contributed by atoms with E-state index in [1.807, 2.05) is 24.3 Å². The molecular weight excluding hydrogens is 316 g/mol. The third-order valence-electron chi connectivity index (χ3n) is 5.05. The van der Waals surface area contributed by atoms with Crippen molar-refractivity contribution in [2.24, 2.45) is 5.73 Å². The fourth-order valence-electron chi connectivity index (χ4n) is 3.08. The van der Waals surface area contributed by atoms with Gasteiger partial charge in [-0.2, -0.15) is 0 Å². The minimum absolute atomic E-state index is 0.0126. The minimum Gasteiger partial charge on any atom is -0.448 e. The van der Waals surface area contributed by atoms with Crippen molar-refractivity contribution in [2.75, 3.05) is 13.7 Å². The van der Waals surface area contributed by atoms with E-state index in [0.717, 1.165) is 11.1 Å². The van der Waals surface area contributed by atoms with E-state index in [9.17, 15) is 9.59 Å². The lowest BCUT2D eigenvalue weighted by molar-refractivity contribution is -0.126. The molecule has 0 heterocycles. The number of ether oxygens (including phenoxy) is 1. The molecule has 1 aliphatic rings. The molecule has 0 unspecified atom stereocenters. The molecule has 2 amide bonds. The highest BCUT2D eigenvalue weighted by Crippen LogP contribution is 2.44. The van der Waals surface area contributed by atoms with E-state index >= 15 is 0 Å². The molecule has 0 atom stereocenters. The number of carbonyl (C=O) groups excluding carboxylic acids is 2. The summed E-state index contributed by atoms with van der Waals surface area (Å²) < 4.78 is 5.52. The number of primary amides is 1. The van der Waals surface area contributed by atoms with E-state index < -0.39 is 17.5 Å². The number of benzene rings is 2. The number of hydrogen-bond donors (Lipinski definition) is 1. The second-order valence-electron chi connectivity index (χ2n) is 6.79. The first kappa shape index (κ1) is 17.0. The van der Waals surface area contributed by atoms with Gasteiger partial charge in [0, 0.05) is 13.0 Å². The van der Waals surface area contributed by atoms with Gasteiger partial charge >= 0.3 is 6.09 Å². The summed E-state index contributed by atoms with van der Waals surface area (Å²) in [7, 11) is 1.52. The fourth-order valence-corrected chi connectivity index (χ4v) is 3.08. The first-order valence-electron chi connectivity index (χ1n) is 8.22. The lowest BCUT2D eigenvalue weighted by Gasteiger charge is -2.32. The summed E-state index contributed by atoms with van der Waals surface area (Å²) >= 11 is 0. The third kappa shape index (κ3) is 2.86. The zero-order valence-electron chi connectivity index (χ0n) is 14.7. The molecular formula is C20H22N2O3. The van der Waals surface area contributed by atoms with Crippen molar-refractivity contribution in [3.63, 3.8) is 0 Å². The maximum absolute atomic E-state index is 12.4. The summed E-state index contributed by atoms with van der Waals surface area (Å²) in [4.78, 5) is 25.1. The number of nitrogens with two attached hydrogens (primary N) is 1. The molecule has 130 valence electrons. The number of carbonyl (C=O) groups is 2. The topological polar surface area (TPSA) is 72.6 Å². The first-order valence-corrected chi connectivity index (χ1v) is 8.22. The van der Waals surface area contributed by atoms with Crippen LogP contribution in [-0.2, 0) is 9.53 Å². The van der Waals surface area contributed by atoms with E-state index in [1.165, 1.54) is 23.1 Å². The second kappa shape index (κ2) is 6.24. The van der Waals surface area contributed by atoms with Crippen LogP contribution in [0.5, 0.6) is 0 Å². The van der Waals surface area contributed by atoms with Crippen LogP contribution in [0.4, 0.5) is 4.79 Å². The van der Waals surface area contributed by atoms with Crippen molar-refractivity contribution in [3.05, 3.63) is 59.7 Å². The molecule has 0 saturated heterocycles. The molecule has 2 N–H and O–H groups in total. The van der Waals surface area contributed by atoms with Crippen LogP contribution in [0.2, 0.25) is 0 Å². The number of fused-ring (bicyclic) bond motifs is 3. The van der Waals surface area contributed by atoms with Crippen LogP contribution < -0.4 is 5.73 Å². The van der Waals surface area contributed by atoms with E-state index in [2.05, 4.69) is 24.3 Å². The first-order chi connectivity index (χ1) is 11.8. The molecule has 0 radical (unpaired) electrons. The Bertz CT molecular complexity index is 784. The van der Waals surface area contributed by atoms with Crippen molar-refractivity contribution in [3.8, 4) is 11.1 Å². The molecule has 1 aliphatic carbocycles. The van der Waals surface area contributed by atoms with E-state index in [-0.39, 0.29) is 12.5 Å². The van der Waals surface area contributed by atoms with Gasteiger partial charge in [-0.25, -0.2) is 4.79 Å². The minimum atomic E-state index is -1.11. The Morgan fingerprint density at radius 2 is 1.52 bits per heavy atom. The standard InChI is InChI=1S/C20H22N2O3/c1-20(2,18(21)23)22(3)19(24)25-12-17-15-10-6-4-8-13(15)14-9-5-7-11-16(14)17/h4-11,17H,12H2,1-3H3,(H2,21,23). The molecule has 0 bridgehead atoms. The van der Waals surface area contributed by atoms with Crippen LogP contribution >= 0.6 is 0 Å². The Morgan fingerprint density at radius 3 is 2.00 bits per heavy atom. The zero-order valence-corrected chi connectivity index (χ0v) is 14.7.